The van der Waals surface area contributed by atoms with Crippen LogP contribution in [-0.4, -0.2) is 44.1 Å². The average molecular weight is 346 g/mol. The van der Waals surface area contributed by atoms with E-state index in [1.54, 1.807) is 18.6 Å². The van der Waals surface area contributed by atoms with Crippen LogP contribution in [0.25, 0.3) is 5.52 Å². The molecule has 3 aromatic rings. The summed E-state index contributed by atoms with van der Waals surface area (Å²) >= 11 is 0. The summed E-state index contributed by atoms with van der Waals surface area (Å²) in [6.45, 7) is 1.40. The lowest BCUT2D eigenvalue weighted by Crippen LogP contribution is -2.21. The lowest BCUT2D eigenvalue weighted by atomic mass is 10.2. The third-order valence-corrected chi connectivity index (χ3v) is 4.95. The molecule has 1 amide bonds. The number of nitrogens with zero attached hydrogens (tertiary/aromatic N) is 6. The fourth-order valence-electron chi connectivity index (χ4n) is 3.38. The number of rotatable bonds is 3. The van der Waals surface area contributed by atoms with Gasteiger partial charge in [-0.25, -0.2) is 19.9 Å². The van der Waals surface area contributed by atoms with Gasteiger partial charge >= 0.3 is 5.91 Å². The van der Waals surface area contributed by atoms with Crippen molar-refractivity contribution in [3.8, 4) is 0 Å². The molecule has 1 saturated carbocycles. The summed E-state index contributed by atoms with van der Waals surface area (Å²) in [4.78, 5) is 31.7. The molecule has 0 atom stereocenters. The van der Waals surface area contributed by atoms with Gasteiger partial charge in [-0.2, -0.15) is 0 Å². The molecule has 7 heteroatoms. The minimum atomic E-state index is -0.363. The van der Waals surface area contributed by atoms with E-state index in [0.29, 0.717) is 12.5 Å². The molecule has 1 aliphatic carbocycles. The van der Waals surface area contributed by atoms with Gasteiger partial charge in [-0.3, -0.25) is 4.79 Å². The van der Waals surface area contributed by atoms with Crippen molar-refractivity contribution >= 4 is 23.0 Å². The van der Waals surface area contributed by atoms with E-state index in [1.165, 1.54) is 12.8 Å². The van der Waals surface area contributed by atoms with Gasteiger partial charge in [-0.15, -0.1) is 0 Å². The standard InChI is InChI=1S/C19H18N6O/c26-19(17-21-10-14(11-22-17)13-3-4-13)23-15-5-8-25(12-15)18-16-2-1-7-24(16)9-6-20-18/h1-2,6-7,9-11,13H,3-5,8,12H2. The molecular formula is C19H18N6O. The van der Waals surface area contributed by atoms with E-state index in [2.05, 4.69) is 24.8 Å². The van der Waals surface area contributed by atoms with E-state index >= 15 is 0 Å². The summed E-state index contributed by atoms with van der Waals surface area (Å²) in [5.41, 5.74) is 3.02. The molecule has 5 rings (SSSR count). The van der Waals surface area contributed by atoms with Crippen LogP contribution in [0.15, 0.2) is 48.1 Å². The van der Waals surface area contributed by atoms with Gasteiger partial charge in [0.1, 0.15) is 0 Å². The van der Waals surface area contributed by atoms with E-state index in [0.717, 1.165) is 35.6 Å². The smallest absolute Gasteiger partial charge is 0.314 e. The molecule has 4 heterocycles. The summed E-state index contributed by atoms with van der Waals surface area (Å²) in [6.07, 6.45) is 12.4. The van der Waals surface area contributed by atoms with Crippen LogP contribution in [-0.2, 0) is 0 Å². The zero-order chi connectivity index (χ0) is 17.5. The van der Waals surface area contributed by atoms with Crippen molar-refractivity contribution in [3.63, 3.8) is 0 Å². The lowest BCUT2D eigenvalue weighted by Gasteiger charge is -2.16. The van der Waals surface area contributed by atoms with Gasteiger partial charge in [0, 0.05) is 49.7 Å². The van der Waals surface area contributed by atoms with Crippen molar-refractivity contribution in [2.75, 3.05) is 18.0 Å². The number of carbonyl (C=O) groups excluding carboxylic acids is 1. The quantitative estimate of drug-likeness (QED) is 0.728. The van der Waals surface area contributed by atoms with Crippen LogP contribution in [0.1, 0.15) is 41.4 Å². The van der Waals surface area contributed by atoms with Gasteiger partial charge in [0.05, 0.1) is 12.1 Å². The van der Waals surface area contributed by atoms with Crippen LogP contribution in [0, 0.1) is 0 Å². The highest BCUT2D eigenvalue weighted by Crippen LogP contribution is 2.39. The molecule has 0 aromatic carbocycles. The van der Waals surface area contributed by atoms with Gasteiger partial charge in [-0.05, 0) is 36.5 Å². The monoisotopic (exact) mass is 346 g/mol. The number of anilines is 1. The molecule has 1 saturated heterocycles. The highest BCUT2D eigenvalue weighted by atomic mass is 16.1. The first-order valence-electron chi connectivity index (χ1n) is 8.87. The number of carbonyl (C=O) groups is 1. The predicted molar refractivity (Wildman–Crippen MR) is 97.8 cm³/mol. The van der Waals surface area contributed by atoms with Gasteiger partial charge in [0.25, 0.3) is 0 Å². The minimum Gasteiger partial charge on any atom is -0.349 e. The van der Waals surface area contributed by atoms with Crippen LogP contribution in [0.5, 0.6) is 0 Å². The molecular weight excluding hydrogens is 328 g/mol. The van der Waals surface area contributed by atoms with Crippen molar-refractivity contribution in [3.05, 3.63) is 54.5 Å². The van der Waals surface area contributed by atoms with Crippen molar-refractivity contribution in [1.29, 1.82) is 0 Å². The Morgan fingerprint density at radius 3 is 2.81 bits per heavy atom. The maximum absolute atomic E-state index is 12.4. The maximum atomic E-state index is 12.4. The molecule has 7 nitrogen and oxygen atoms in total. The van der Waals surface area contributed by atoms with Gasteiger partial charge in [0.15, 0.2) is 5.82 Å². The Labute approximate surface area is 150 Å². The average Bonchev–Trinajstić information content (AvgIpc) is 3.22. The molecule has 130 valence electrons. The normalized spacial score (nSPS) is 18.8. The first kappa shape index (κ1) is 15.2. The molecule has 0 N–H and O–H groups in total. The van der Waals surface area contributed by atoms with Crippen LogP contribution >= 0.6 is 0 Å². The van der Waals surface area contributed by atoms with Crippen molar-refractivity contribution in [1.82, 2.24) is 19.4 Å². The third-order valence-electron chi connectivity index (χ3n) is 4.95. The number of hydrogen-bond donors (Lipinski definition) is 0. The number of aliphatic imine (C=N–C) groups is 1. The van der Waals surface area contributed by atoms with Crippen molar-refractivity contribution in [2.24, 2.45) is 4.99 Å². The van der Waals surface area contributed by atoms with E-state index in [9.17, 15) is 4.79 Å². The first-order chi connectivity index (χ1) is 12.8. The molecule has 1 aliphatic heterocycles. The van der Waals surface area contributed by atoms with Crippen LogP contribution < -0.4 is 4.90 Å². The Morgan fingerprint density at radius 1 is 1.15 bits per heavy atom. The van der Waals surface area contributed by atoms with Crippen molar-refractivity contribution in [2.45, 2.75) is 25.2 Å². The van der Waals surface area contributed by atoms with Gasteiger partial charge in [0.2, 0.25) is 5.82 Å². The first-order valence-corrected chi connectivity index (χ1v) is 8.87. The zero-order valence-corrected chi connectivity index (χ0v) is 14.2. The van der Waals surface area contributed by atoms with E-state index in [-0.39, 0.29) is 11.7 Å². The van der Waals surface area contributed by atoms with Crippen LogP contribution in [0.2, 0.25) is 0 Å². The number of hydrogen-bond acceptors (Lipinski definition) is 5. The second-order valence-corrected chi connectivity index (χ2v) is 6.82. The van der Waals surface area contributed by atoms with E-state index in [1.807, 2.05) is 28.9 Å². The second-order valence-electron chi connectivity index (χ2n) is 6.82. The summed E-state index contributed by atoms with van der Waals surface area (Å²) in [5, 5.41) is 0. The Morgan fingerprint density at radius 2 is 2.00 bits per heavy atom. The largest absolute Gasteiger partial charge is 0.349 e. The Balaban J connectivity index is 1.33. The number of aromatic nitrogens is 4. The van der Waals surface area contributed by atoms with Crippen LogP contribution in [0.4, 0.5) is 5.82 Å². The van der Waals surface area contributed by atoms with E-state index < -0.39 is 0 Å². The fraction of sp³-hybridized carbons (Fsp3) is 0.316. The molecule has 3 aromatic heterocycles. The summed E-state index contributed by atoms with van der Waals surface area (Å²) in [5.74, 6) is 1.31. The maximum Gasteiger partial charge on any atom is 0.314 e. The Kier molecular flexibility index (Phi) is 3.51. The number of amides is 1. The number of fused-ring (bicyclic) bond motifs is 1. The van der Waals surface area contributed by atoms with Gasteiger partial charge in [-0.1, -0.05) is 0 Å². The molecule has 0 bridgehead atoms. The summed E-state index contributed by atoms with van der Waals surface area (Å²) in [7, 11) is 0. The fourth-order valence-corrected chi connectivity index (χ4v) is 3.38. The second kappa shape index (κ2) is 6.01. The van der Waals surface area contributed by atoms with Crippen LogP contribution in [0.3, 0.4) is 0 Å². The Hall–Kier alpha value is -3.09. The molecule has 26 heavy (non-hydrogen) atoms. The Bertz CT molecular complexity index is 1000. The molecule has 0 spiro atoms. The van der Waals surface area contributed by atoms with E-state index in [4.69, 9.17) is 0 Å². The van der Waals surface area contributed by atoms with Crippen molar-refractivity contribution < 1.29 is 4.79 Å². The topological polar surface area (TPSA) is 75.8 Å². The summed E-state index contributed by atoms with van der Waals surface area (Å²) in [6, 6.07) is 4.04. The molecule has 2 fully saturated rings. The summed E-state index contributed by atoms with van der Waals surface area (Å²) < 4.78 is 2.04. The van der Waals surface area contributed by atoms with Gasteiger partial charge < -0.3 is 9.30 Å². The zero-order valence-electron chi connectivity index (χ0n) is 14.2. The SMILES string of the molecule is O=C(N=C1CCN(c2nccn3cccc23)C1)c1ncc(C2CC2)cn1. The predicted octanol–water partition coefficient (Wildman–Crippen LogP) is 2.49. The lowest BCUT2D eigenvalue weighted by molar-refractivity contribution is 0.0992. The minimum absolute atomic E-state index is 0.173. The highest BCUT2D eigenvalue weighted by Gasteiger charge is 2.25. The molecule has 0 unspecified atom stereocenters. The molecule has 0 radical (unpaired) electrons. The highest BCUT2D eigenvalue weighted by molar-refractivity contribution is 6.04. The molecule has 2 aliphatic rings. The third kappa shape index (κ3) is 2.75.